The lowest BCUT2D eigenvalue weighted by molar-refractivity contribution is -0.156. The molecule has 0 aromatic carbocycles. The number of ether oxygens (including phenoxy) is 1. The molecule has 0 fully saturated rings. The highest BCUT2D eigenvalue weighted by molar-refractivity contribution is 7.54. The fourth-order valence-corrected chi connectivity index (χ4v) is 0.689. The molecule has 0 aliphatic carbocycles. The lowest BCUT2D eigenvalue weighted by Gasteiger charge is -2.21. The third-order valence-electron chi connectivity index (χ3n) is 1.23. The van der Waals surface area contributed by atoms with Crippen molar-refractivity contribution in [1.82, 2.24) is 0 Å². The van der Waals surface area contributed by atoms with Gasteiger partial charge < -0.3 is 19.6 Å². The first-order valence-electron chi connectivity index (χ1n) is 3.18. The zero-order valence-electron chi connectivity index (χ0n) is 6.72. The van der Waals surface area contributed by atoms with Gasteiger partial charge in [-0.2, -0.15) is 0 Å². The molecule has 72 valence electrons. The summed E-state index contributed by atoms with van der Waals surface area (Å²) in [6, 6.07) is 0. The van der Waals surface area contributed by atoms with Crippen molar-refractivity contribution >= 4 is 13.6 Å². The molecule has 3 N–H and O–H groups in total. The molecule has 0 saturated heterocycles. The van der Waals surface area contributed by atoms with E-state index in [2.05, 4.69) is 4.74 Å². The van der Waals surface area contributed by atoms with E-state index in [4.69, 9.17) is 14.9 Å². The van der Waals surface area contributed by atoms with E-state index in [0.717, 1.165) is 0 Å². The van der Waals surface area contributed by atoms with Crippen molar-refractivity contribution in [3.05, 3.63) is 0 Å². The average Bonchev–Trinajstić information content (AvgIpc) is 1.85. The molecule has 0 saturated carbocycles. The third kappa shape index (κ3) is 2.28. The Morgan fingerprint density at radius 1 is 1.58 bits per heavy atom. The molecule has 0 aromatic heterocycles. The lowest BCUT2D eigenvalue weighted by Crippen LogP contribution is -2.36. The highest BCUT2D eigenvalue weighted by atomic mass is 31.2. The summed E-state index contributed by atoms with van der Waals surface area (Å²) in [7, 11) is -4.87. The van der Waals surface area contributed by atoms with Crippen LogP contribution in [0.15, 0.2) is 0 Å². The van der Waals surface area contributed by atoms with Crippen LogP contribution in [-0.2, 0) is 14.1 Å². The normalized spacial score (nSPS) is 16.8. The average molecular weight is 198 g/mol. The Balaban J connectivity index is 4.62. The topological polar surface area (TPSA) is 104 Å². The van der Waals surface area contributed by atoms with Gasteiger partial charge in [-0.25, -0.2) is 4.79 Å². The maximum atomic E-state index is 10.7. The van der Waals surface area contributed by atoms with Crippen LogP contribution < -0.4 is 0 Å². The van der Waals surface area contributed by atoms with Crippen LogP contribution in [0, 0.1) is 0 Å². The number of carbonyl (C=O) groups excluding carboxylic acids is 1. The Bertz CT molecular complexity index is 216. The highest BCUT2D eigenvalue weighted by Crippen LogP contribution is 2.48. The van der Waals surface area contributed by atoms with Gasteiger partial charge in [0.25, 0.3) is 5.34 Å². The van der Waals surface area contributed by atoms with Gasteiger partial charge in [-0.05, 0) is 13.8 Å². The van der Waals surface area contributed by atoms with Gasteiger partial charge in [0, 0.05) is 0 Å². The molecule has 0 aliphatic rings. The summed E-state index contributed by atoms with van der Waals surface area (Å²) in [6.45, 7) is 2.13. The molecule has 0 radical (unpaired) electrons. The van der Waals surface area contributed by atoms with E-state index in [1.807, 2.05) is 0 Å². The molecule has 1 unspecified atom stereocenters. The van der Waals surface area contributed by atoms with Crippen LogP contribution >= 0.6 is 7.60 Å². The fraction of sp³-hybridized carbons (Fsp3) is 0.800. The van der Waals surface area contributed by atoms with Crippen molar-refractivity contribution in [2.75, 3.05) is 6.61 Å². The molecule has 0 spiro atoms. The van der Waals surface area contributed by atoms with Gasteiger partial charge in [-0.15, -0.1) is 0 Å². The first-order valence-corrected chi connectivity index (χ1v) is 4.80. The van der Waals surface area contributed by atoms with E-state index in [-0.39, 0.29) is 6.61 Å². The fourth-order valence-electron chi connectivity index (χ4n) is 0.387. The van der Waals surface area contributed by atoms with Crippen LogP contribution in [0.25, 0.3) is 0 Å². The predicted molar refractivity (Wildman–Crippen MR) is 39.3 cm³/mol. The molecular formula is C5H11O6P. The van der Waals surface area contributed by atoms with Crippen LogP contribution in [0.3, 0.4) is 0 Å². The van der Waals surface area contributed by atoms with Crippen molar-refractivity contribution in [3.63, 3.8) is 0 Å². The second kappa shape index (κ2) is 3.53. The van der Waals surface area contributed by atoms with Crippen molar-refractivity contribution in [3.8, 4) is 0 Å². The summed E-state index contributed by atoms with van der Waals surface area (Å²) < 4.78 is 14.8. The number of rotatable bonds is 3. The van der Waals surface area contributed by atoms with E-state index < -0.39 is 18.9 Å². The van der Waals surface area contributed by atoms with Crippen molar-refractivity contribution < 1.29 is 29.0 Å². The molecule has 0 aromatic rings. The SMILES string of the molecule is CCOC(=O)C(C)(O)P(=O)(O)O. The Labute approximate surface area is 69.3 Å². The Hall–Kier alpha value is -0.420. The summed E-state index contributed by atoms with van der Waals surface area (Å²) in [4.78, 5) is 27.8. The van der Waals surface area contributed by atoms with Crippen LogP contribution in [0.5, 0.6) is 0 Å². The van der Waals surface area contributed by atoms with Gasteiger partial charge in [0.2, 0.25) is 0 Å². The largest absolute Gasteiger partial charge is 0.463 e. The van der Waals surface area contributed by atoms with E-state index in [9.17, 15) is 9.36 Å². The van der Waals surface area contributed by atoms with Crippen LogP contribution in [0.4, 0.5) is 0 Å². The van der Waals surface area contributed by atoms with Crippen LogP contribution in [0.1, 0.15) is 13.8 Å². The maximum Gasteiger partial charge on any atom is 0.368 e. The van der Waals surface area contributed by atoms with E-state index >= 15 is 0 Å². The molecule has 6 nitrogen and oxygen atoms in total. The first kappa shape index (κ1) is 11.6. The van der Waals surface area contributed by atoms with Gasteiger partial charge in [-0.3, -0.25) is 4.57 Å². The summed E-state index contributed by atoms with van der Waals surface area (Å²) >= 11 is 0. The number of hydrogen-bond donors (Lipinski definition) is 3. The maximum absolute atomic E-state index is 10.7. The van der Waals surface area contributed by atoms with E-state index in [0.29, 0.717) is 6.92 Å². The molecule has 0 rings (SSSR count). The van der Waals surface area contributed by atoms with Crippen molar-refractivity contribution in [1.29, 1.82) is 0 Å². The molecule has 0 aliphatic heterocycles. The monoisotopic (exact) mass is 198 g/mol. The molecule has 1 atom stereocenters. The Morgan fingerprint density at radius 2 is 2.00 bits per heavy atom. The van der Waals surface area contributed by atoms with Gasteiger partial charge >= 0.3 is 13.6 Å². The van der Waals surface area contributed by atoms with E-state index in [1.165, 1.54) is 6.92 Å². The van der Waals surface area contributed by atoms with Gasteiger partial charge in [0.1, 0.15) is 0 Å². The minimum Gasteiger partial charge on any atom is -0.463 e. The first-order chi connectivity index (χ1) is 5.23. The van der Waals surface area contributed by atoms with Crippen LogP contribution in [-0.4, -0.2) is 32.8 Å². The van der Waals surface area contributed by atoms with E-state index in [1.54, 1.807) is 0 Å². The molecule has 0 amide bonds. The molecule has 0 bridgehead atoms. The quantitative estimate of drug-likeness (QED) is 0.414. The standard InChI is InChI=1S/C5H11O6P/c1-3-11-4(6)5(2,7)12(8,9)10/h7H,3H2,1-2H3,(H2,8,9,10). The molecule has 0 heterocycles. The number of carbonyl (C=O) groups is 1. The minimum absolute atomic E-state index is 0.0466. The number of aliphatic hydroxyl groups is 1. The van der Waals surface area contributed by atoms with Crippen molar-refractivity contribution in [2.45, 2.75) is 19.2 Å². The van der Waals surface area contributed by atoms with Gasteiger partial charge in [0.05, 0.1) is 6.61 Å². The molecule has 12 heavy (non-hydrogen) atoms. The second-order valence-electron chi connectivity index (χ2n) is 2.29. The minimum atomic E-state index is -4.87. The zero-order chi connectivity index (χ0) is 9.99. The lowest BCUT2D eigenvalue weighted by atomic mass is 10.4. The summed E-state index contributed by atoms with van der Waals surface area (Å²) in [5, 5.41) is 6.27. The summed E-state index contributed by atoms with van der Waals surface area (Å²) in [5.74, 6) is -1.32. The number of esters is 1. The van der Waals surface area contributed by atoms with Gasteiger partial charge in [0.15, 0.2) is 0 Å². The zero-order valence-corrected chi connectivity index (χ0v) is 7.62. The Morgan fingerprint density at radius 3 is 2.25 bits per heavy atom. The second-order valence-corrected chi connectivity index (χ2v) is 4.24. The third-order valence-corrected chi connectivity index (χ3v) is 2.55. The molecular weight excluding hydrogens is 187 g/mol. The predicted octanol–water partition coefficient (Wildman–Crippen LogP) is -0.564. The Kier molecular flexibility index (Phi) is 3.41. The van der Waals surface area contributed by atoms with Crippen molar-refractivity contribution in [2.24, 2.45) is 0 Å². The summed E-state index contributed by atoms with van der Waals surface area (Å²) in [6.07, 6.45) is 0. The van der Waals surface area contributed by atoms with Crippen LogP contribution in [0.2, 0.25) is 0 Å². The van der Waals surface area contributed by atoms with Gasteiger partial charge in [-0.1, -0.05) is 0 Å². The summed E-state index contributed by atoms with van der Waals surface area (Å²) in [5.41, 5.74) is 0. The molecule has 7 heteroatoms. The number of hydrogen-bond acceptors (Lipinski definition) is 4. The smallest absolute Gasteiger partial charge is 0.368 e. The highest BCUT2D eigenvalue weighted by Gasteiger charge is 2.49.